The number of likely N-dealkylation sites (tertiary alicyclic amines) is 1. The summed E-state index contributed by atoms with van der Waals surface area (Å²) in [7, 11) is 1.65. The van der Waals surface area contributed by atoms with Gasteiger partial charge < -0.3 is 14.5 Å². The summed E-state index contributed by atoms with van der Waals surface area (Å²) >= 11 is 0. The highest BCUT2D eigenvalue weighted by Crippen LogP contribution is 2.19. The van der Waals surface area contributed by atoms with Crippen LogP contribution in [0.1, 0.15) is 46.9 Å². The van der Waals surface area contributed by atoms with Gasteiger partial charge in [0.1, 0.15) is 0 Å². The summed E-state index contributed by atoms with van der Waals surface area (Å²) in [6, 6.07) is 15.8. The van der Waals surface area contributed by atoms with E-state index in [2.05, 4.69) is 0 Å². The maximum Gasteiger partial charge on any atom is 0.339 e. The highest BCUT2D eigenvalue weighted by molar-refractivity contribution is 6.12. The normalized spacial score (nSPS) is 16.2. The molecule has 2 amide bonds. The standard InChI is InChI=1S/C23H26N2O4/c1-17-10-8-9-15-25(17)21(26)16-29-23(28)20-14-7-6-13-19(20)22(27)24(2)18-11-4-3-5-12-18/h3-7,11-14,17H,8-10,15-16H2,1-2H3. The van der Waals surface area contributed by atoms with Gasteiger partial charge in [-0.2, -0.15) is 0 Å². The van der Waals surface area contributed by atoms with Gasteiger partial charge in [-0.25, -0.2) is 4.79 Å². The smallest absolute Gasteiger partial charge is 0.339 e. The average Bonchev–Trinajstić information content (AvgIpc) is 2.77. The van der Waals surface area contributed by atoms with Gasteiger partial charge in [0.25, 0.3) is 11.8 Å². The van der Waals surface area contributed by atoms with Crippen LogP contribution >= 0.6 is 0 Å². The van der Waals surface area contributed by atoms with Gasteiger partial charge in [-0.3, -0.25) is 9.59 Å². The minimum atomic E-state index is -0.673. The molecule has 0 aliphatic carbocycles. The van der Waals surface area contributed by atoms with E-state index in [4.69, 9.17) is 4.74 Å². The molecular weight excluding hydrogens is 368 g/mol. The number of nitrogens with zero attached hydrogens (tertiary/aromatic N) is 2. The second kappa shape index (κ2) is 9.37. The van der Waals surface area contributed by atoms with Crippen LogP contribution in [0.2, 0.25) is 0 Å². The summed E-state index contributed by atoms with van der Waals surface area (Å²) in [6.07, 6.45) is 3.03. The predicted molar refractivity (Wildman–Crippen MR) is 111 cm³/mol. The van der Waals surface area contributed by atoms with Gasteiger partial charge in [0, 0.05) is 25.3 Å². The Morgan fingerprint density at radius 3 is 2.34 bits per heavy atom. The van der Waals surface area contributed by atoms with E-state index in [9.17, 15) is 14.4 Å². The number of anilines is 1. The van der Waals surface area contributed by atoms with E-state index in [0.29, 0.717) is 6.54 Å². The Bertz CT molecular complexity index is 881. The molecular formula is C23H26N2O4. The van der Waals surface area contributed by atoms with Gasteiger partial charge in [-0.05, 0) is 50.5 Å². The van der Waals surface area contributed by atoms with E-state index in [1.165, 1.54) is 4.90 Å². The quantitative estimate of drug-likeness (QED) is 0.728. The molecule has 1 atom stereocenters. The molecule has 2 aromatic carbocycles. The zero-order chi connectivity index (χ0) is 20.8. The van der Waals surface area contributed by atoms with Gasteiger partial charge in [0.05, 0.1) is 11.1 Å². The maximum absolute atomic E-state index is 12.9. The van der Waals surface area contributed by atoms with Crippen LogP contribution in [0.4, 0.5) is 5.69 Å². The van der Waals surface area contributed by atoms with Gasteiger partial charge in [0.2, 0.25) is 0 Å². The fourth-order valence-corrected chi connectivity index (χ4v) is 3.55. The number of ether oxygens (including phenoxy) is 1. The first kappa shape index (κ1) is 20.6. The second-order valence-corrected chi connectivity index (χ2v) is 7.25. The van der Waals surface area contributed by atoms with Crippen LogP contribution in [0.25, 0.3) is 0 Å². The molecule has 0 N–H and O–H groups in total. The highest BCUT2D eigenvalue weighted by Gasteiger charge is 2.26. The number of carbonyl (C=O) groups excluding carboxylic acids is 3. The predicted octanol–water partition coefficient (Wildman–Crippen LogP) is 3.52. The molecule has 0 bridgehead atoms. The van der Waals surface area contributed by atoms with Gasteiger partial charge >= 0.3 is 5.97 Å². The van der Waals surface area contributed by atoms with E-state index in [-0.39, 0.29) is 35.6 Å². The minimum absolute atomic E-state index is 0.153. The zero-order valence-corrected chi connectivity index (χ0v) is 16.8. The van der Waals surface area contributed by atoms with Crippen molar-refractivity contribution < 1.29 is 19.1 Å². The monoisotopic (exact) mass is 394 g/mol. The zero-order valence-electron chi connectivity index (χ0n) is 16.8. The van der Waals surface area contributed by atoms with E-state index < -0.39 is 5.97 Å². The number of hydrogen-bond donors (Lipinski definition) is 0. The topological polar surface area (TPSA) is 66.9 Å². The third-order valence-corrected chi connectivity index (χ3v) is 5.28. The Morgan fingerprint density at radius 1 is 1.00 bits per heavy atom. The lowest BCUT2D eigenvalue weighted by Gasteiger charge is -2.33. The maximum atomic E-state index is 12.9. The summed E-state index contributed by atoms with van der Waals surface area (Å²) in [5.41, 5.74) is 1.11. The largest absolute Gasteiger partial charge is 0.452 e. The molecule has 0 aromatic heterocycles. The molecule has 1 fully saturated rings. The van der Waals surface area contributed by atoms with Crippen LogP contribution in [0.5, 0.6) is 0 Å². The minimum Gasteiger partial charge on any atom is -0.452 e. The summed E-state index contributed by atoms with van der Waals surface area (Å²) in [5.74, 6) is -1.19. The van der Waals surface area contributed by atoms with Crippen molar-refractivity contribution in [3.05, 3.63) is 65.7 Å². The van der Waals surface area contributed by atoms with Gasteiger partial charge in [0.15, 0.2) is 6.61 Å². The van der Waals surface area contributed by atoms with Crippen LogP contribution in [0.15, 0.2) is 54.6 Å². The lowest BCUT2D eigenvalue weighted by atomic mass is 10.0. The first-order chi connectivity index (χ1) is 14.0. The van der Waals surface area contributed by atoms with Gasteiger partial charge in [-0.15, -0.1) is 0 Å². The highest BCUT2D eigenvalue weighted by atomic mass is 16.5. The van der Waals surface area contributed by atoms with E-state index in [1.54, 1.807) is 36.2 Å². The summed E-state index contributed by atoms with van der Waals surface area (Å²) in [4.78, 5) is 41.2. The van der Waals surface area contributed by atoms with E-state index in [1.807, 2.05) is 37.3 Å². The Morgan fingerprint density at radius 2 is 1.66 bits per heavy atom. The fourth-order valence-electron chi connectivity index (χ4n) is 3.55. The molecule has 0 spiro atoms. The third kappa shape index (κ3) is 4.83. The lowest BCUT2D eigenvalue weighted by molar-refractivity contribution is -0.137. The number of hydrogen-bond acceptors (Lipinski definition) is 4. The van der Waals surface area contributed by atoms with Crippen LogP contribution in [-0.2, 0) is 9.53 Å². The number of amides is 2. The van der Waals surface area contributed by atoms with Crippen molar-refractivity contribution in [1.29, 1.82) is 0 Å². The molecule has 0 radical (unpaired) electrons. The molecule has 152 valence electrons. The van der Waals surface area contributed by atoms with Gasteiger partial charge in [-0.1, -0.05) is 30.3 Å². The van der Waals surface area contributed by atoms with E-state index >= 15 is 0 Å². The molecule has 3 rings (SSSR count). The number of esters is 1. The number of rotatable bonds is 5. The summed E-state index contributed by atoms with van der Waals surface area (Å²) < 4.78 is 5.27. The fraction of sp³-hybridized carbons (Fsp3) is 0.348. The molecule has 1 aliphatic heterocycles. The number of carbonyl (C=O) groups is 3. The van der Waals surface area contributed by atoms with Crippen molar-refractivity contribution in [3.8, 4) is 0 Å². The molecule has 0 saturated carbocycles. The molecule has 1 heterocycles. The molecule has 29 heavy (non-hydrogen) atoms. The SMILES string of the molecule is CC1CCCCN1C(=O)COC(=O)c1ccccc1C(=O)N(C)c1ccccc1. The molecule has 6 nitrogen and oxygen atoms in total. The first-order valence-electron chi connectivity index (χ1n) is 9.87. The summed E-state index contributed by atoms with van der Waals surface area (Å²) in [6.45, 7) is 2.38. The van der Waals surface area contributed by atoms with Crippen molar-refractivity contribution in [2.75, 3.05) is 25.1 Å². The van der Waals surface area contributed by atoms with E-state index in [0.717, 1.165) is 24.9 Å². The Balaban J connectivity index is 1.70. The number of piperidine rings is 1. The molecule has 2 aromatic rings. The molecule has 6 heteroatoms. The molecule has 1 unspecified atom stereocenters. The van der Waals surface area contributed by atoms with Crippen LogP contribution in [-0.4, -0.2) is 48.9 Å². The second-order valence-electron chi connectivity index (χ2n) is 7.25. The molecule has 1 saturated heterocycles. The Kier molecular flexibility index (Phi) is 6.65. The van der Waals surface area contributed by atoms with Crippen LogP contribution < -0.4 is 4.90 Å². The Labute approximate surface area is 171 Å². The first-order valence-corrected chi connectivity index (χ1v) is 9.87. The number of benzene rings is 2. The van der Waals surface area contributed by atoms with Crippen LogP contribution in [0, 0.1) is 0 Å². The van der Waals surface area contributed by atoms with Crippen LogP contribution in [0.3, 0.4) is 0 Å². The number of para-hydroxylation sites is 1. The molecule has 1 aliphatic rings. The summed E-state index contributed by atoms with van der Waals surface area (Å²) in [5, 5.41) is 0. The van der Waals surface area contributed by atoms with Crippen molar-refractivity contribution in [3.63, 3.8) is 0 Å². The van der Waals surface area contributed by atoms with Crippen molar-refractivity contribution in [2.24, 2.45) is 0 Å². The van der Waals surface area contributed by atoms with Crippen molar-refractivity contribution in [2.45, 2.75) is 32.2 Å². The lowest BCUT2D eigenvalue weighted by Crippen LogP contribution is -2.44. The average molecular weight is 394 g/mol. The Hall–Kier alpha value is -3.15. The van der Waals surface area contributed by atoms with Crippen molar-refractivity contribution >= 4 is 23.5 Å². The van der Waals surface area contributed by atoms with Crippen molar-refractivity contribution in [1.82, 2.24) is 4.90 Å². The third-order valence-electron chi connectivity index (χ3n) is 5.28.